The molecule has 4 rings (SSSR count). The van der Waals surface area contributed by atoms with Crippen molar-refractivity contribution >= 4 is 10.9 Å². The second-order valence-corrected chi connectivity index (χ2v) is 8.08. The van der Waals surface area contributed by atoms with Crippen LogP contribution < -0.4 is 4.74 Å². The molecule has 0 radical (unpaired) electrons. The molecule has 3 aromatic rings. The van der Waals surface area contributed by atoms with Crippen molar-refractivity contribution in [3.05, 3.63) is 65.9 Å². The molecule has 3 heteroatoms. The highest BCUT2D eigenvalue weighted by atomic mass is 16.5. The predicted molar refractivity (Wildman–Crippen MR) is 117 cm³/mol. The largest absolute Gasteiger partial charge is 0.497 e. The predicted octanol–water partition coefficient (Wildman–Crippen LogP) is 5.77. The Morgan fingerprint density at radius 2 is 1.89 bits per heavy atom. The van der Waals surface area contributed by atoms with Crippen LogP contribution in [0.2, 0.25) is 0 Å². The number of rotatable bonds is 8. The van der Waals surface area contributed by atoms with Gasteiger partial charge in [-0.15, -0.1) is 0 Å². The number of aryl methyl sites for hydroxylation is 1. The van der Waals surface area contributed by atoms with Gasteiger partial charge in [0.15, 0.2) is 0 Å². The Morgan fingerprint density at radius 3 is 2.75 bits per heavy atom. The van der Waals surface area contributed by atoms with Gasteiger partial charge in [-0.05, 0) is 80.4 Å². The number of hydrogen-bond donors (Lipinski definition) is 1. The number of hydrogen-bond acceptors (Lipinski definition) is 2. The summed E-state index contributed by atoms with van der Waals surface area (Å²) in [5.41, 5.74) is 4.19. The fourth-order valence-corrected chi connectivity index (χ4v) is 4.57. The van der Waals surface area contributed by atoms with E-state index in [0.717, 1.165) is 5.75 Å². The Hall–Kier alpha value is -2.26. The number of unbranched alkanes of at least 4 members (excludes halogenated alkanes) is 2. The van der Waals surface area contributed by atoms with Gasteiger partial charge in [0.25, 0.3) is 0 Å². The molecule has 0 spiro atoms. The van der Waals surface area contributed by atoms with E-state index < -0.39 is 0 Å². The Morgan fingerprint density at radius 1 is 1.04 bits per heavy atom. The van der Waals surface area contributed by atoms with Gasteiger partial charge in [-0.2, -0.15) is 0 Å². The van der Waals surface area contributed by atoms with Crippen molar-refractivity contribution in [1.82, 2.24) is 9.88 Å². The fourth-order valence-electron chi connectivity index (χ4n) is 4.57. The molecule has 148 valence electrons. The van der Waals surface area contributed by atoms with E-state index in [9.17, 15) is 0 Å². The summed E-state index contributed by atoms with van der Waals surface area (Å²) in [6.07, 6.45) is 9.88. The molecule has 1 unspecified atom stereocenters. The second kappa shape index (κ2) is 9.29. The molecule has 1 aliphatic heterocycles. The molecule has 0 bridgehead atoms. The summed E-state index contributed by atoms with van der Waals surface area (Å²) in [6.45, 7) is 3.70. The van der Waals surface area contributed by atoms with Crippen LogP contribution in [-0.4, -0.2) is 36.6 Å². The highest BCUT2D eigenvalue weighted by molar-refractivity contribution is 5.82. The van der Waals surface area contributed by atoms with Crippen molar-refractivity contribution in [1.29, 1.82) is 0 Å². The lowest BCUT2D eigenvalue weighted by Gasteiger charge is -2.33. The number of ether oxygens (including phenoxy) is 1. The highest BCUT2D eigenvalue weighted by Crippen LogP contribution is 2.28. The minimum absolute atomic E-state index is 0.672. The first kappa shape index (κ1) is 19.1. The van der Waals surface area contributed by atoms with Gasteiger partial charge in [0.1, 0.15) is 5.75 Å². The molecule has 0 amide bonds. The van der Waals surface area contributed by atoms with E-state index in [2.05, 4.69) is 64.6 Å². The molecule has 2 aromatic carbocycles. The molecular formula is C25H32N2O. The third kappa shape index (κ3) is 4.59. The zero-order valence-electron chi connectivity index (χ0n) is 17.0. The van der Waals surface area contributed by atoms with Gasteiger partial charge in [-0.25, -0.2) is 0 Å². The molecule has 1 saturated heterocycles. The number of likely N-dealkylation sites (tertiary alicyclic amines) is 1. The van der Waals surface area contributed by atoms with Gasteiger partial charge in [0.05, 0.1) is 7.11 Å². The van der Waals surface area contributed by atoms with Gasteiger partial charge in [-0.1, -0.05) is 36.8 Å². The molecule has 3 nitrogen and oxygen atoms in total. The summed E-state index contributed by atoms with van der Waals surface area (Å²) in [7, 11) is 1.73. The van der Waals surface area contributed by atoms with Crippen LogP contribution >= 0.6 is 0 Å². The molecule has 2 heterocycles. The van der Waals surface area contributed by atoms with Crippen molar-refractivity contribution < 1.29 is 4.74 Å². The number of H-pyrrole nitrogens is 1. The van der Waals surface area contributed by atoms with Crippen LogP contribution in [0.5, 0.6) is 5.75 Å². The fraction of sp³-hybridized carbons (Fsp3) is 0.440. The molecular weight excluding hydrogens is 344 g/mol. The number of aromatic nitrogens is 1. The zero-order valence-corrected chi connectivity index (χ0v) is 17.0. The first-order chi connectivity index (χ1) is 13.8. The number of fused-ring (bicyclic) bond motifs is 1. The van der Waals surface area contributed by atoms with Gasteiger partial charge in [0.2, 0.25) is 0 Å². The number of methoxy groups -OCH3 is 1. The van der Waals surface area contributed by atoms with E-state index in [1.54, 1.807) is 7.11 Å². The van der Waals surface area contributed by atoms with E-state index in [0.29, 0.717) is 5.92 Å². The van der Waals surface area contributed by atoms with E-state index >= 15 is 0 Å². The Balaban J connectivity index is 1.20. The normalized spacial score (nSPS) is 17.8. The Kier molecular flexibility index (Phi) is 6.33. The number of piperidine rings is 1. The highest BCUT2D eigenvalue weighted by Gasteiger charge is 2.20. The second-order valence-electron chi connectivity index (χ2n) is 8.08. The summed E-state index contributed by atoms with van der Waals surface area (Å²) >= 11 is 0. The van der Waals surface area contributed by atoms with Crippen LogP contribution in [0.25, 0.3) is 10.9 Å². The van der Waals surface area contributed by atoms with E-state index in [-0.39, 0.29) is 0 Å². The monoisotopic (exact) mass is 376 g/mol. The topological polar surface area (TPSA) is 28.3 Å². The lowest BCUT2D eigenvalue weighted by molar-refractivity contribution is 0.204. The standard InChI is InChI=1S/C25H32N2O/c1-28-23-14-12-20(13-15-23)22-9-7-17-27(19-22)16-6-2-3-8-21-18-26-25-11-5-4-10-24(21)25/h4-5,10-15,18,22,26H,2-3,6-9,16-17,19H2,1H3. The molecule has 1 aromatic heterocycles. The van der Waals surface area contributed by atoms with Gasteiger partial charge < -0.3 is 14.6 Å². The van der Waals surface area contributed by atoms with Crippen LogP contribution in [0, 0.1) is 0 Å². The first-order valence-corrected chi connectivity index (χ1v) is 10.7. The van der Waals surface area contributed by atoms with Crippen molar-refractivity contribution in [2.75, 3.05) is 26.7 Å². The van der Waals surface area contributed by atoms with Gasteiger partial charge in [0, 0.05) is 23.6 Å². The summed E-state index contributed by atoms with van der Waals surface area (Å²) in [4.78, 5) is 6.06. The molecule has 1 fully saturated rings. The van der Waals surface area contributed by atoms with E-state index in [1.807, 2.05) is 0 Å². The smallest absolute Gasteiger partial charge is 0.118 e. The van der Waals surface area contributed by atoms with Gasteiger partial charge >= 0.3 is 0 Å². The van der Waals surface area contributed by atoms with Crippen molar-refractivity contribution in [3.63, 3.8) is 0 Å². The van der Waals surface area contributed by atoms with Crippen LogP contribution in [0.15, 0.2) is 54.7 Å². The number of aromatic amines is 1. The van der Waals surface area contributed by atoms with Crippen molar-refractivity contribution in [2.24, 2.45) is 0 Å². The summed E-state index contributed by atoms with van der Waals surface area (Å²) in [5.74, 6) is 1.62. The van der Waals surface area contributed by atoms with Crippen LogP contribution in [0.1, 0.15) is 49.1 Å². The first-order valence-electron chi connectivity index (χ1n) is 10.7. The van der Waals surface area contributed by atoms with Crippen LogP contribution in [0.3, 0.4) is 0 Å². The lowest BCUT2D eigenvalue weighted by atomic mass is 9.90. The molecule has 1 N–H and O–H groups in total. The molecule has 28 heavy (non-hydrogen) atoms. The average molecular weight is 377 g/mol. The maximum Gasteiger partial charge on any atom is 0.118 e. The number of para-hydroxylation sites is 1. The zero-order chi connectivity index (χ0) is 19.2. The third-order valence-corrected chi connectivity index (χ3v) is 6.19. The summed E-state index contributed by atoms with van der Waals surface area (Å²) in [5, 5.41) is 1.39. The number of nitrogens with one attached hydrogen (secondary N) is 1. The van der Waals surface area contributed by atoms with E-state index in [1.165, 1.54) is 80.2 Å². The molecule has 0 saturated carbocycles. The average Bonchev–Trinajstić information content (AvgIpc) is 3.17. The number of benzene rings is 2. The molecule has 1 aliphatic rings. The summed E-state index contributed by atoms with van der Waals surface area (Å²) < 4.78 is 5.29. The lowest BCUT2D eigenvalue weighted by Crippen LogP contribution is -2.35. The van der Waals surface area contributed by atoms with Crippen molar-refractivity contribution in [3.8, 4) is 5.75 Å². The maximum absolute atomic E-state index is 5.29. The minimum atomic E-state index is 0.672. The molecule has 0 aliphatic carbocycles. The van der Waals surface area contributed by atoms with Crippen LogP contribution in [-0.2, 0) is 6.42 Å². The SMILES string of the molecule is COc1ccc(C2CCCN(CCCCCc3c[nH]c4ccccc34)C2)cc1. The maximum atomic E-state index is 5.29. The van der Waals surface area contributed by atoms with E-state index in [4.69, 9.17) is 4.74 Å². The quantitative estimate of drug-likeness (QED) is 0.506. The molecule has 1 atom stereocenters. The third-order valence-electron chi connectivity index (χ3n) is 6.19. The number of nitrogens with zero attached hydrogens (tertiary/aromatic N) is 1. The van der Waals surface area contributed by atoms with Gasteiger partial charge in [-0.3, -0.25) is 0 Å². The van der Waals surface area contributed by atoms with Crippen molar-refractivity contribution in [2.45, 2.75) is 44.4 Å². The minimum Gasteiger partial charge on any atom is -0.497 e. The van der Waals surface area contributed by atoms with Crippen LogP contribution in [0.4, 0.5) is 0 Å². The Labute approximate surface area is 168 Å². The summed E-state index contributed by atoms with van der Waals surface area (Å²) in [6, 6.07) is 17.3. The Bertz CT molecular complexity index is 868.